The van der Waals surface area contributed by atoms with Gasteiger partial charge in [-0.1, -0.05) is 25.4 Å². The number of pyridine rings is 1. The lowest BCUT2D eigenvalue weighted by molar-refractivity contribution is 0.0950. The molecule has 0 fully saturated rings. The maximum absolute atomic E-state index is 12.2. The van der Waals surface area contributed by atoms with Crippen molar-refractivity contribution < 1.29 is 9.53 Å². The maximum atomic E-state index is 12.2. The topological polar surface area (TPSA) is 64.1 Å². The summed E-state index contributed by atoms with van der Waals surface area (Å²) in [5.74, 6) is 0.481. The highest BCUT2D eigenvalue weighted by atomic mass is 35.5. The first-order valence-electron chi connectivity index (χ1n) is 7.41. The Kier molecular flexibility index (Phi) is 5.96. The first kappa shape index (κ1) is 17.7. The van der Waals surface area contributed by atoms with E-state index in [4.69, 9.17) is 16.3 Å². The monoisotopic (exact) mass is 353 g/mol. The molecule has 2 aromatic rings. The van der Waals surface area contributed by atoms with Crippen LogP contribution in [0, 0.1) is 0 Å². The summed E-state index contributed by atoms with van der Waals surface area (Å²) in [6.07, 6.45) is 1.43. The number of hydrogen-bond donors (Lipinski definition) is 1. The normalized spacial score (nSPS) is 11.1. The van der Waals surface area contributed by atoms with Crippen LogP contribution in [0.1, 0.15) is 54.7 Å². The van der Waals surface area contributed by atoms with Crippen molar-refractivity contribution in [3.63, 3.8) is 0 Å². The molecule has 0 saturated carbocycles. The van der Waals surface area contributed by atoms with E-state index >= 15 is 0 Å². The summed E-state index contributed by atoms with van der Waals surface area (Å²) in [7, 11) is 0. The first-order valence-corrected chi connectivity index (χ1v) is 8.67. The van der Waals surface area contributed by atoms with Gasteiger partial charge in [-0.15, -0.1) is 11.3 Å². The SMILES string of the molecule is CC(C)Oc1ncc(C(=O)NCc2csc(C(C)C)n2)cc1Cl. The highest BCUT2D eigenvalue weighted by Gasteiger charge is 2.12. The summed E-state index contributed by atoms with van der Waals surface area (Å²) in [5, 5.41) is 6.16. The van der Waals surface area contributed by atoms with Gasteiger partial charge in [0.2, 0.25) is 5.88 Å². The molecule has 0 aliphatic rings. The van der Waals surface area contributed by atoms with Gasteiger partial charge in [0, 0.05) is 17.5 Å². The fourth-order valence-corrected chi connectivity index (χ4v) is 2.85. The van der Waals surface area contributed by atoms with Gasteiger partial charge in [0.25, 0.3) is 5.91 Å². The van der Waals surface area contributed by atoms with Crippen LogP contribution in [0.3, 0.4) is 0 Å². The van der Waals surface area contributed by atoms with E-state index in [0.29, 0.717) is 28.9 Å². The molecule has 2 aromatic heterocycles. The lowest BCUT2D eigenvalue weighted by Gasteiger charge is -2.11. The number of nitrogens with zero attached hydrogens (tertiary/aromatic N) is 2. The number of carbonyl (C=O) groups excluding carboxylic acids is 1. The Balaban J connectivity index is 1.98. The molecule has 7 heteroatoms. The fourth-order valence-electron chi connectivity index (χ4n) is 1.80. The van der Waals surface area contributed by atoms with E-state index in [1.807, 2.05) is 19.2 Å². The fraction of sp³-hybridized carbons (Fsp3) is 0.438. The van der Waals surface area contributed by atoms with Gasteiger partial charge in [-0.3, -0.25) is 4.79 Å². The van der Waals surface area contributed by atoms with E-state index in [1.54, 1.807) is 17.4 Å². The van der Waals surface area contributed by atoms with Gasteiger partial charge in [-0.05, 0) is 19.9 Å². The molecule has 2 heterocycles. The Morgan fingerprint density at radius 3 is 2.70 bits per heavy atom. The lowest BCUT2D eigenvalue weighted by atomic mass is 10.2. The van der Waals surface area contributed by atoms with Crippen molar-refractivity contribution in [3.05, 3.63) is 38.9 Å². The van der Waals surface area contributed by atoms with Crippen molar-refractivity contribution in [2.24, 2.45) is 0 Å². The molecule has 0 bridgehead atoms. The highest BCUT2D eigenvalue weighted by Crippen LogP contribution is 2.23. The Morgan fingerprint density at radius 2 is 2.13 bits per heavy atom. The van der Waals surface area contributed by atoms with E-state index in [0.717, 1.165) is 10.7 Å². The quantitative estimate of drug-likeness (QED) is 0.851. The minimum atomic E-state index is -0.241. The molecule has 124 valence electrons. The second kappa shape index (κ2) is 7.75. The molecule has 5 nitrogen and oxygen atoms in total. The van der Waals surface area contributed by atoms with Crippen molar-refractivity contribution >= 4 is 28.8 Å². The van der Waals surface area contributed by atoms with Gasteiger partial charge in [0.05, 0.1) is 28.9 Å². The minimum absolute atomic E-state index is 0.0282. The number of hydrogen-bond acceptors (Lipinski definition) is 5. The third-order valence-corrected chi connectivity index (χ3v) is 4.38. The van der Waals surface area contributed by atoms with E-state index in [9.17, 15) is 4.79 Å². The number of aromatic nitrogens is 2. The van der Waals surface area contributed by atoms with Crippen molar-refractivity contribution in [1.29, 1.82) is 0 Å². The molecule has 0 aromatic carbocycles. The maximum Gasteiger partial charge on any atom is 0.253 e. The van der Waals surface area contributed by atoms with Crippen molar-refractivity contribution in [2.45, 2.75) is 46.3 Å². The summed E-state index contributed by atoms with van der Waals surface area (Å²) < 4.78 is 5.45. The molecule has 2 rings (SSSR count). The number of nitrogens with one attached hydrogen (secondary N) is 1. The Morgan fingerprint density at radius 1 is 1.39 bits per heavy atom. The van der Waals surface area contributed by atoms with Crippen molar-refractivity contribution in [1.82, 2.24) is 15.3 Å². The molecular formula is C16H20ClN3O2S. The van der Waals surface area contributed by atoms with E-state index in [2.05, 4.69) is 29.1 Å². The summed E-state index contributed by atoms with van der Waals surface area (Å²) >= 11 is 7.70. The Hall–Kier alpha value is -1.66. The van der Waals surface area contributed by atoms with Gasteiger partial charge >= 0.3 is 0 Å². The molecule has 1 amide bonds. The van der Waals surface area contributed by atoms with E-state index < -0.39 is 0 Å². The molecule has 0 unspecified atom stereocenters. The van der Waals surface area contributed by atoms with Gasteiger partial charge < -0.3 is 10.1 Å². The Labute approximate surface area is 145 Å². The zero-order chi connectivity index (χ0) is 17.0. The predicted molar refractivity (Wildman–Crippen MR) is 92.4 cm³/mol. The zero-order valence-corrected chi connectivity index (χ0v) is 15.2. The van der Waals surface area contributed by atoms with Crippen LogP contribution in [0.15, 0.2) is 17.6 Å². The number of amides is 1. The van der Waals surface area contributed by atoms with Crippen LogP contribution < -0.4 is 10.1 Å². The lowest BCUT2D eigenvalue weighted by Crippen LogP contribution is -2.23. The molecule has 0 aliphatic carbocycles. The van der Waals surface area contributed by atoms with Crippen LogP contribution in [-0.4, -0.2) is 22.0 Å². The smallest absolute Gasteiger partial charge is 0.253 e. The van der Waals surface area contributed by atoms with Crippen LogP contribution in [0.4, 0.5) is 0 Å². The molecule has 0 atom stereocenters. The molecule has 23 heavy (non-hydrogen) atoms. The van der Waals surface area contributed by atoms with Gasteiger partial charge in [0.15, 0.2) is 0 Å². The van der Waals surface area contributed by atoms with Crippen LogP contribution in [-0.2, 0) is 6.54 Å². The largest absolute Gasteiger partial charge is 0.474 e. The number of thiazole rings is 1. The number of halogens is 1. The van der Waals surface area contributed by atoms with Crippen LogP contribution in [0.5, 0.6) is 5.88 Å². The molecule has 0 aliphatic heterocycles. The molecule has 0 saturated heterocycles. The number of carbonyl (C=O) groups is 1. The molecular weight excluding hydrogens is 334 g/mol. The third kappa shape index (κ3) is 4.91. The molecule has 1 N–H and O–H groups in total. The number of ether oxygens (including phenoxy) is 1. The average Bonchev–Trinajstić information content (AvgIpc) is 2.95. The van der Waals surface area contributed by atoms with Crippen LogP contribution in [0.2, 0.25) is 5.02 Å². The van der Waals surface area contributed by atoms with Crippen molar-refractivity contribution in [2.75, 3.05) is 0 Å². The van der Waals surface area contributed by atoms with Gasteiger partial charge in [-0.2, -0.15) is 0 Å². The summed E-state index contributed by atoms with van der Waals surface area (Å²) in [6, 6.07) is 1.56. The molecule has 0 radical (unpaired) electrons. The third-order valence-electron chi connectivity index (χ3n) is 2.91. The van der Waals surface area contributed by atoms with E-state index in [-0.39, 0.29) is 12.0 Å². The second-order valence-corrected chi connectivity index (χ2v) is 6.99. The minimum Gasteiger partial charge on any atom is -0.474 e. The molecule has 0 spiro atoms. The second-order valence-electron chi connectivity index (χ2n) is 5.69. The first-order chi connectivity index (χ1) is 10.9. The summed E-state index contributed by atoms with van der Waals surface area (Å²) in [5.41, 5.74) is 1.25. The van der Waals surface area contributed by atoms with Crippen LogP contribution in [0.25, 0.3) is 0 Å². The van der Waals surface area contributed by atoms with Gasteiger partial charge in [0.1, 0.15) is 5.02 Å². The van der Waals surface area contributed by atoms with Gasteiger partial charge in [-0.25, -0.2) is 9.97 Å². The Bertz CT molecular complexity index is 686. The summed E-state index contributed by atoms with van der Waals surface area (Å²) in [4.78, 5) is 20.7. The number of rotatable bonds is 6. The van der Waals surface area contributed by atoms with E-state index in [1.165, 1.54) is 6.20 Å². The summed E-state index contributed by atoms with van der Waals surface area (Å²) in [6.45, 7) is 8.34. The highest BCUT2D eigenvalue weighted by molar-refractivity contribution is 7.09. The standard InChI is InChI=1S/C16H20ClN3O2S/c1-9(2)16-20-12(8-23-16)7-18-14(21)11-5-13(17)15(19-6-11)22-10(3)4/h5-6,8-10H,7H2,1-4H3,(H,18,21). The van der Waals surface area contributed by atoms with Crippen molar-refractivity contribution in [3.8, 4) is 5.88 Å². The van der Waals surface area contributed by atoms with Crippen LogP contribution >= 0.6 is 22.9 Å². The predicted octanol–water partition coefficient (Wildman–Crippen LogP) is 4.03. The zero-order valence-electron chi connectivity index (χ0n) is 13.6. The average molecular weight is 354 g/mol.